The molecule has 1 heterocycles. The van der Waals surface area contributed by atoms with Crippen molar-refractivity contribution in [2.24, 2.45) is 0 Å². The minimum absolute atomic E-state index is 0.183. The number of nitrogens with two attached hydrogens (primary N) is 1. The number of pyridine rings is 1. The van der Waals surface area contributed by atoms with Gasteiger partial charge in [-0.3, -0.25) is 0 Å². The van der Waals surface area contributed by atoms with Crippen molar-refractivity contribution >= 4 is 5.69 Å². The van der Waals surface area contributed by atoms with Crippen molar-refractivity contribution in [3.63, 3.8) is 0 Å². The van der Waals surface area contributed by atoms with Gasteiger partial charge in [0.1, 0.15) is 0 Å². The Kier molecular flexibility index (Phi) is 3.55. The summed E-state index contributed by atoms with van der Waals surface area (Å²) in [6.45, 7) is 4.15. The van der Waals surface area contributed by atoms with Gasteiger partial charge in [0.25, 0.3) is 0 Å². The number of ether oxygens (including phenoxy) is 1. The average Bonchev–Trinajstić information content (AvgIpc) is 2.09. The van der Waals surface area contributed by atoms with E-state index in [4.69, 9.17) is 10.5 Å². The van der Waals surface area contributed by atoms with E-state index in [0.29, 0.717) is 11.6 Å². The molecule has 0 aliphatic heterocycles. The van der Waals surface area contributed by atoms with Crippen molar-refractivity contribution in [2.75, 3.05) is 5.73 Å². The Labute approximate surface area is 78.9 Å². The Bertz CT molecular complexity index is 263. The number of nitrogens with zero attached hydrogens (tertiary/aromatic N) is 1. The zero-order valence-electron chi connectivity index (χ0n) is 8.16. The van der Waals surface area contributed by atoms with Gasteiger partial charge in [-0.25, -0.2) is 4.98 Å². The third-order valence-corrected chi connectivity index (χ3v) is 1.81. The molecule has 1 aromatic heterocycles. The van der Waals surface area contributed by atoms with Crippen molar-refractivity contribution < 1.29 is 4.74 Å². The number of anilines is 1. The van der Waals surface area contributed by atoms with Crippen LogP contribution in [-0.2, 0) is 0 Å². The molecule has 13 heavy (non-hydrogen) atoms. The smallest absolute Gasteiger partial charge is 0.237 e. The molecule has 3 nitrogen and oxygen atoms in total. The van der Waals surface area contributed by atoms with Crippen LogP contribution in [0.3, 0.4) is 0 Å². The molecule has 0 aliphatic rings. The molecule has 1 atom stereocenters. The second-order valence-electron chi connectivity index (χ2n) is 3.11. The fourth-order valence-corrected chi connectivity index (χ4v) is 1.16. The summed E-state index contributed by atoms with van der Waals surface area (Å²) in [5.74, 6) is 0.545. The lowest BCUT2D eigenvalue weighted by molar-refractivity contribution is 0.203. The molecule has 0 saturated carbocycles. The predicted molar refractivity (Wildman–Crippen MR) is 53.6 cm³/mol. The normalized spacial score (nSPS) is 12.5. The lowest BCUT2D eigenvalue weighted by Crippen LogP contribution is -2.12. The van der Waals surface area contributed by atoms with Crippen LogP contribution in [0.1, 0.15) is 26.7 Å². The molecule has 0 spiro atoms. The van der Waals surface area contributed by atoms with Gasteiger partial charge in [-0.1, -0.05) is 13.3 Å². The third kappa shape index (κ3) is 2.93. The fourth-order valence-electron chi connectivity index (χ4n) is 1.16. The zero-order chi connectivity index (χ0) is 9.68. The van der Waals surface area contributed by atoms with Gasteiger partial charge < -0.3 is 10.5 Å². The fraction of sp³-hybridized carbons (Fsp3) is 0.500. The van der Waals surface area contributed by atoms with E-state index >= 15 is 0 Å². The Morgan fingerprint density at radius 1 is 1.62 bits per heavy atom. The number of hydrogen-bond acceptors (Lipinski definition) is 3. The maximum absolute atomic E-state index is 5.68. The minimum Gasteiger partial charge on any atom is -0.473 e. The topological polar surface area (TPSA) is 48.1 Å². The van der Waals surface area contributed by atoms with Crippen molar-refractivity contribution in [1.82, 2.24) is 4.98 Å². The van der Waals surface area contributed by atoms with Crippen LogP contribution in [0.4, 0.5) is 5.69 Å². The molecule has 1 rings (SSSR count). The number of aromatic nitrogens is 1. The van der Waals surface area contributed by atoms with Gasteiger partial charge in [0.05, 0.1) is 11.8 Å². The van der Waals surface area contributed by atoms with E-state index < -0.39 is 0 Å². The Balaban J connectivity index is 2.58. The van der Waals surface area contributed by atoms with E-state index in [0.717, 1.165) is 12.8 Å². The molecular formula is C10H16N2O. The average molecular weight is 180 g/mol. The highest BCUT2D eigenvalue weighted by Crippen LogP contribution is 2.18. The van der Waals surface area contributed by atoms with Gasteiger partial charge in [0, 0.05) is 6.20 Å². The second-order valence-corrected chi connectivity index (χ2v) is 3.11. The summed E-state index contributed by atoms with van der Waals surface area (Å²) in [4.78, 5) is 4.05. The first-order valence-corrected chi connectivity index (χ1v) is 4.61. The summed E-state index contributed by atoms with van der Waals surface area (Å²) in [6.07, 6.45) is 4.00. The lowest BCUT2D eigenvalue weighted by atomic mass is 10.2. The van der Waals surface area contributed by atoms with E-state index in [2.05, 4.69) is 11.9 Å². The van der Waals surface area contributed by atoms with Crippen LogP contribution in [0.2, 0.25) is 0 Å². The van der Waals surface area contributed by atoms with Gasteiger partial charge in [-0.15, -0.1) is 0 Å². The van der Waals surface area contributed by atoms with Crippen LogP contribution in [0.25, 0.3) is 0 Å². The first-order chi connectivity index (χ1) is 6.24. The molecule has 72 valence electrons. The number of nitrogen functional groups attached to an aromatic ring is 1. The standard InChI is InChI=1S/C10H16N2O/c1-3-5-8(2)13-10-9(11)6-4-7-12-10/h4,6-8H,3,5,11H2,1-2H3. The van der Waals surface area contributed by atoms with Crippen LogP contribution in [0, 0.1) is 0 Å². The Morgan fingerprint density at radius 2 is 2.38 bits per heavy atom. The van der Waals surface area contributed by atoms with Crippen LogP contribution in [-0.4, -0.2) is 11.1 Å². The van der Waals surface area contributed by atoms with E-state index in [1.54, 1.807) is 18.3 Å². The lowest BCUT2D eigenvalue weighted by Gasteiger charge is -2.13. The van der Waals surface area contributed by atoms with Crippen LogP contribution >= 0.6 is 0 Å². The largest absolute Gasteiger partial charge is 0.473 e. The van der Waals surface area contributed by atoms with Crippen molar-refractivity contribution in [2.45, 2.75) is 32.8 Å². The summed E-state index contributed by atoms with van der Waals surface area (Å²) in [5.41, 5.74) is 6.28. The highest BCUT2D eigenvalue weighted by Gasteiger charge is 2.05. The molecule has 0 bridgehead atoms. The quantitative estimate of drug-likeness (QED) is 0.773. The van der Waals surface area contributed by atoms with E-state index in [-0.39, 0.29) is 6.10 Å². The molecular weight excluding hydrogens is 164 g/mol. The predicted octanol–water partition coefficient (Wildman–Crippen LogP) is 2.23. The molecule has 1 unspecified atom stereocenters. The molecule has 0 saturated heterocycles. The molecule has 0 amide bonds. The molecule has 0 radical (unpaired) electrons. The van der Waals surface area contributed by atoms with Gasteiger partial charge in [0.15, 0.2) is 0 Å². The zero-order valence-corrected chi connectivity index (χ0v) is 8.16. The van der Waals surface area contributed by atoms with Gasteiger partial charge in [-0.2, -0.15) is 0 Å². The summed E-state index contributed by atoms with van der Waals surface area (Å²) in [7, 11) is 0. The first kappa shape index (κ1) is 9.84. The molecule has 0 aliphatic carbocycles. The van der Waals surface area contributed by atoms with E-state index in [1.807, 2.05) is 6.92 Å². The number of rotatable bonds is 4. The molecule has 0 fully saturated rings. The Morgan fingerprint density at radius 3 is 3.00 bits per heavy atom. The van der Waals surface area contributed by atoms with Gasteiger partial charge >= 0.3 is 0 Å². The number of hydrogen-bond donors (Lipinski definition) is 1. The van der Waals surface area contributed by atoms with Crippen molar-refractivity contribution in [3.8, 4) is 5.88 Å². The minimum atomic E-state index is 0.183. The Hall–Kier alpha value is -1.25. The summed E-state index contributed by atoms with van der Waals surface area (Å²) >= 11 is 0. The molecule has 1 aromatic rings. The summed E-state index contributed by atoms with van der Waals surface area (Å²) in [6, 6.07) is 3.59. The third-order valence-electron chi connectivity index (χ3n) is 1.81. The monoisotopic (exact) mass is 180 g/mol. The maximum Gasteiger partial charge on any atom is 0.237 e. The van der Waals surface area contributed by atoms with Crippen LogP contribution in [0.5, 0.6) is 5.88 Å². The molecule has 2 N–H and O–H groups in total. The summed E-state index contributed by atoms with van der Waals surface area (Å²) < 4.78 is 5.55. The molecule has 3 heteroatoms. The van der Waals surface area contributed by atoms with Crippen molar-refractivity contribution in [3.05, 3.63) is 18.3 Å². The second kappa shape index (κ2) is 4.70. The van der Waals surface area contributed by atoms with E-state index in [9.17, 15) is 0 Å². The van der Waals surface area contributed by atoms with Crippen LogP contribution in [0.15, 0.2) is 18.3 Å². The highest BCUT2D eigenvalue weighted by molar-refractivity contribution is 5.46. The van der Waals surface area contributed by atoms with E-state index in [1.165, 1.54) is 0 Å². The van der Waals surface area contributed by atoms with Crippen molar-refractivity contribution in [1.29, 1.82) is 0 Å². The van der Waals surface area contributed by atoms with Crippen LogP contribution < -0.4 is 10.5 Å². The SMILES string of the molecule is CCCC(C)Oc1ncccc1N. The molecule has 0 aromatic carbocycles. The summed E-state index contributed by atoms with van der Waals surface area (Å²) in [5, 5.41) is 0. The van der Waals surface area contributed by atoms with Gasteiger partial charge in [-0.05, 0) is 25.5 Å². The highest BCUT2D eigenvalue weighted by atomic mass is 16.5. The van der Waals surface area contributed by atoms with Gasteiger partial charge in [0.2, 0.25) is 5.88 Å². The maximum atomic E-state index is 5.68. The first-order valence-electron chi connectivity index (χ1n) is 4.61.